The number of methoxy groups -OCH3 is 1. The molecule has 7 heteroatoms. The molecule has 0 aliphatic heterocycles. The highest BCUT2D eigenvalue weighted by Gasteiger charge is 2.04. The number of hydrogen-bond acceptors (Lipinski definition) is 6. The Kier molecular flexibility index (Phi) is 5.57. The lowest BCUT2D eigenvalue weighted by Gasteiger charge is -2.07. The van der Waals surface area contributed by atoms with Crippen LogP contribution in [0.2, 0.25) is 0 Å². The first-order valence-electron chi connectivity index (χ1n) is 8.08. The van der Waals surface area contributed by atoms with Gasteiger partial charge in [0.1, 0.15) is 0 Å². The minimum atomic E-state index is 0.534. The maximum absolute atomic E-state index is 5.02. The number of fused-ring (bicyclic) bond motifs is 1. The molecule has 126 valence electrons. The van der Waals surface area contributed by atoms with Crippen molar-refractivity contribution in [3.63, 3.8) is 0 Å². The monoisotopic (exact) mass is 326 g/mol. The molecule has 1 aromatic carbocycles. The van der Waals surface area contributed by atoms with E-state index in [1.807, 2.05) is 6.07 Å². The van der Waals surface area contributed by atoms with Crippen LogP contribution in [0, 0.1) is 0 Å². The number of benzene rings is 1. The molecule has 0 spiro atoms. The third-order valence-corrected chi connectivity index (χ3v) is 3.74. The Balaban J connectivity index is 1.51. The van der Waals surface area contributed by atoms with Crippen molar-refractivity contribution in [1.82, 2.24) is 20.2 Å². The number of anilines is 2. The molecule has 0 radical (unpaired) electrons. The van der Waals surface area contributed by atoms with Gasteiger partial charge in [0.05, 0.1) is 6.20 Å². The maximum atomic E-state index is 5.02. The van der Waals surface area contributed by atoms with Gasteiger partial charge in [0, 0.05) is 43.9 Å². The number of aromatic amines is 1. The fourth-order valence-electron chi connectivity index (χ4n) is 2.54. The van der Waals surface area contributed by atoms with Crippen LogP contribution in [-0.2, 0) is 11.2 Å². The van der Waals surface area contributed by atoms with E-state index < -0.39 is 0 Å². The molecule has 3 rings (SSSR count). The van der Waals surface area contributed by atoms with Gasteiger partial charge < -0.3 is 20.4 Å². The van der Waals surface area contributed by atoms with Crippen molar-refractivity contribution in [2.24, 2.45) is 0 Å². The number of nitrogens with zero attached hydrogens (tertiary/aromatic N) is 3. The summed E-state index contributed by atoms with van der Waals surface area (Å²) >= 11 is 0. The fraction of sp³-hybridized carbons (Fsp3) is 0.353. The molecule has 0 saturated heterocycles. The Bertz CT molecular complexity index is 772. The van der Waals surface area contributed by atoms with Crippen molar-refractivity contribution in [2.45, 2.75) is 12.8 Å². The summed E-state index contributed by atoms with van der Waals surface area (Å²) in [6.07, 6.45) is 5.49. The molecule has 3 aromatic rings. The van der Waals surface area contributed by atoms with Gasteiger partial charge in [-0.15, -0.1) is 5.10 Å². The van der Waals surface area contributed by atoms with Crippen LogP contribution in [0.25, 0.3) is 10.9 Å². The van der Waals surface area contributed by atoms with Gasteiger partial charge in [-0.25, -0.2) is 0 Å². The number of aromatic nitrogens is 4. The van der Waals surface area contributed by atoms with Crippen LogP contribution in [0.15, 0.2) is 36.7 Å². The maximum Gasteiger partial charge on any atom is 0.244 e. The average Bonchev–Trinajstić information content (AvgIpc) is 3.03. The summed E-state index contributed by atoms with van der Waals surface area (Å²) in [4.78, 5) is 7.69. The number of nitrogens with one attached hydrogen (secondary N) is 3. The van der Waals surface area contributed by atoms with Gasteiger partial charge in [0.2, 0.25) is 5.95 Å². The quantitative estimate of drug-likeness (QED) is 0.524. The lowest BCUT2D eigenvalue weighted by molar-refractivity contribution is 0.197. The highest BCUT2D eigenvalue weighted by atomic mass is 16.5. The van der Waals surface area contributed by atoms with Gasteiger partial charge >= 0.3 is 0 Å². The zero-order valence-corrected chi connectivity index (χ0v) is 13.7. The summed E-state index contributed by atoms with van der Waals surface area (Å²) in [6.45, 7) is 2.26. The molecule has 0 amide bonds. The first kappa shape index (κ1) is 16.2. The van der Waals surface area contributed by atoms with E-state index in [1.165, 1.54) is 10.9 Å². The van der Waals surface area contributed by atoms with Crippen LogP contribution in [0.4, 0.5) is 11.8 Å². The second-order valence-electron chi connectivity index (χ2n) is 5.47. The van der Waals surface area contributed by atoms with E-state index in [9.17, 15) is 0 Å². The molecule has 0 bridgehead atoms. The Labute approximate surface area is 140 Å². The highest BCUT2D eigenvalue weighted by molar-refractivity contribution is 5.83. The third-order valence-electron chi connectivity index (χ3n) is 3.74. The first-order chi connectivity index (χ1) is 11.9. The summed E-state index contributed by atoms with van der Waals surface area (Å²) in [5.74, 6) is 1.25. The molecule has 2 aromatic heterocycles. The lowest BCUT2D eigenvalue weighted by atomic mass is 10.1. The van der Waals surface area contributed by atoms with E-state index in [0.29, 0.717) is 5.95 Å². The Morgan fingerprint density at radius 2 is 2.08 bits per heavy atom. The van der Waals surface area contributed by atoms with Gasteiger partial charge in [0.15, 0.2) is 5.82 Å². The van der Waals surface area contributed by atoms with Crippen molar-refractivity contribution < 1.29 is 4.74 Å². The molecular weight excluding hydrogens is 304 g/mol. The Hall–Kier alpha value is -2.67. The summed E-state index contributed by atoms with van der Waals surface area (Å²) in [6, 6.07) is 8.30. The summed E-state index contributed by atoms with van der Waals surface area (Å²) in [5.41, 5.74) is 2.44. The zero-order chi connectivity index (χ0) is 16.6. The van der Waals surface area contributed by atoms with Crippen molar-refractivity contribution in [3.05, 3.63) is 42.2 Å². The molecule has 0 aliphatic rings. The summed E-state index contributed by atoms with van der Waals surface area (Å²) in [5, 5.41) is 15.7. The molecule has 2 heterocycles. The first-order valence-corrected chi connectivity index (χ1v) is 8.08. The standard InChI is InChI=1S/C17H22N6O/c1-24-10-4-8-18-16-12-21-23-17(22-16)19-9-7-13-11-20-15-6-3-2-5-14(13)15/h2-3,5-6,11-12,20H,4,7-10H2,1H3,(H2,18,19,22,23). The molecule has 0 aliphatic carbocycles. The molecule has 7 nitrogen and oxygen atoms in total. The van der Waals surface area contributed by atoms with E-state index in [-0.39, 0.29) is 0 Å². The van der Waals surface area contributed by atoms with E-state index in [2.05, 4.69) is 55.2 Å². The topological polar surface area (TPSA) is 87.8 Å². The largest absolute Gasteiger partial charge is 0.385 e. The fourth-order valence-corrected chi connectivity index (χ4v) is 2.54. The van der Waals surface area contributed by atoms with Crippen LogP contribution in [0.3, 0.4) is 0 Å². The number of hydrogen-bond donors (Lipinski definition) is 3. The van der Waals surface area contributed by atoms with E-state index in [4.69, 9.17) is 4.74 Å². The SMILES string of the molecule is COCCCNc1cnnc(NCCc2c[nH]c3ccccc23)n1. The number of para-hydroxylation sites is 1. The smallest absolute Gasteiger partial charge is 0.244 e. The third kappa shape index (κ3) is 4.20. The zero-order valence-electron chi connectivity index (χ0n) is 13.7. The minimum Gasteiger partial charge on any atom is -0.385 e. The average molecular weight is 326 g/mol. The second-order valence-corrected chi connectivity index (χ2v) is 5.47. The Morgan fingerprint density at radius 1 is 1.17 bits per heavy atom. The number of H-pyrrole nitrogens is 1. The van der Waals surface area contributed by atoms with Crippen molar-refractivity contribution in [2.75, 3.05) is 37.4 Å². The highest BCUT2D eigenvalue weighted by Crippen LogP contribution is 2.18. The van der Waals surface area contributed by atoms with Crippen LogP contribution in [0.1, 0.15) is 12.0 Å². The Morgan fingerprint density at radius 3 is 3.00 bits per heavy atom. The molecule has 0 unspecified atom stereocenters. The predicted molar refractivity (Wildman–Crippen MR) is 95.3 cm³/mol. The van der Waals surface area contributed by atoms with Gasteiger partial charge in [-0.3, -0.25) is 0 Å². The van der Waals surface area contributed by atoms with E-state index >= 15 is 0 Å². The van der Waals surface area contributed by atoms with Crippen molar-refractivity contribution in [3.8, 4) is 0 Å². The van der Waals surface area contributed by atoms with E-state index in [1.54, 1.807) is 13.3 Å². The van der Waals surface area contributed by atoms with Crippen LogP contribution in [0.5, 0.6) is 0 Å². The number of rotatable bonds is 9. The normalized spacial score (nSPS) is 10.9. The second kappa shape index (κ2) is 8.26. The van der Waals surface area contributed by atoms with Gasteiger partial charge in [-0.1, -0.05) is 18.2 Å². The van der Waals surface area contributed by atoms with Crippen LogP contribution < -0.4 is 10.6 Å². The molecule has 0 atom stereocenters. The van der Waals surface area contributed by atoms with Gasteiger partial charge in [-0.05, 0) is 24.5 Å². The molecular formula is C17H22N6O. The van der Waals surface area contributed by atoms with Crippen molar-refractivity contribution in [1.29, 1.82) is 0 Å². The van der Waals surface area contributed by atoms with Crippen LogP contribution >= 0.6 is 0 Å². The van der Waals surface area contributed by atoms with Crippen LogP contribution in [-0.4, -0.2) is 47.0 Å². The van der Waals surface area contributed by atoms with E-state index in [0.717, 1.165) is 43.9 Å². The van der Waals surface area contributed by atoms with Gasteiger partial charge in [0.25, 0.3) is 0 Å². The molecule has 0 fully saturated rings. The summed E-state index contributed by atoms with van der Waals surface area (Å²) < 4.78 is 5.02. The predicted octanol–water partition coefficient (Wildman–Crippen LogP) is 2.46. The molecule has 3 N–H and O–H groups in total. The number of ether oxygens (including phenoxy) is 1. The lowest BCUT2D eigenvalue weighted by Crippen LogP contribution is -2.11. The minimum absolute atomic E-state index is 0.534. The molecule has 0 saturated carbocycles. The summed E-state index contributed by atoms with van der Waals surface area (Å²) in [7, 11) is 1.70. The van der Waals surface area contributed by atoms with Gasteiger partial charge in [-0.2, -0.15) is 10.1 Å². The molecule has 24 heavy (non-hydrogen) atoms. The van der Waals surface area contributed by atoms with Crippen molar-refractivity contribution >= 4 is 22.7 Å².